The molecule has 0 spiro atoms. The molecule has 0 aliphatic rings. The zero-order valence-corrected chi connectivity index (χ0v) is 17.2. The van der Waals surface area contributed by atoms with E-state index in [1.807, 2.05) is 17.0 Å². The molecule has 0 aliphatic carbocycles. The summed E-state index contributed by atoms with van der Waals surface area (Å²) in [7, 11) is 1.67. The minimum Gasteiger partial charge on any atom is -0.497 e. The second kappa shape index (κ2) is 9.11. The number of hydrogen-bond donors (Lipinski definition) is 0. The fraction of sp³-hybridized carbons (Fsp3) is 0.591. The summed E-state index contributed by atoms with van der Waals surface area (Å²) in [5, 5.41) is 1.18. The van der Waals surface area contributed by atoms with Crippen molar-refractivity contribution in [1.82, 2.24) is 9.47 Å². The molecule has 0 bridgehead atoms. The van der Waals surface area contributed by atoms with Gasteiger partial charge in [-0.2, -0.15) is 0 Å². The molecule has 0 saturated heterocycles. The van der Waals surface area contributed by atoms with Crippen LogP contribution in [-0.2, 0) is 11.3 Å². The molecule has 1 heterocycles. The molecule has 0 unspecified atom stereocenters. The molecule has 0 atom stereocenters. The smallest absolute Gasteiger partial charge is 0.242 e. The Labute approximate surface area is 158 Å². The highest BCUT2D eigenvalue weighted by molar-refractivity contribution is 5.87. The number of aromatic nitrogens is 1. The number of amides is 1. The maximum absolute atomic E-state index is 13.0. The van der Waals surface area contributed by atoms with Gasteiger partial charge in [0.05, 0.1) is 12.6 Å². The predicted molar refractivity (Wildman–Crippen MR) is 109 cm³/mol. The van der Waals surface area contributed by atoms with Crippen LogP contribution in [-0.4, -0.2) is 35.6 Å². The van der Waals surface area contributed by atoms with Crippen LogP contribution in [0.4, 0.5) is 0 Å². The Morgan fingerprint density at radius 3 is 2.27 bits per heavy atom. The van der Waals surface area contributed by atoms with Crippen LogP contribution in [0.15, 0.2) is 24.4 Å². The standard InChI is InChI=1S/C22H34N2O2/c1-16(2)9-11-23(12-10-17(3)4)22(25)15-24-14-18(5)20-8-7-19(26-6)13-21(20)24/h7-8,13-14,16-17H,9-12,15H2,1-6H3. The topological polar surface area (TPSA) is 34.5 Å². The fourth-order valence-electron chi connectivity index (χ4n) is 3.15. The average molecular weight is 359 g/mol. The van der Waals surface area contributed by atoms with Crippen LogP contribution in [0, 0.1) is 18.8 Å². The van der Waals surface area contributed by atoms with Crippen molar-refractivity contribution < 1.29 is 9.53 Å². The Hall–Kier alpha value is -1.97. The number of methoxy groups -OCH3 is 1. The number of ether oxygens (including phenoxy) is 1. The van der Waals surface area contributed by atoms with Gasteiger partial charge in [-0.05, 0) is 49.3 Å². The van der Waals surface area contributed by atoms with Crippen molar-refractivity contribution in [2.45, 2.75) is 54.0 Å². The van der Waals surface area contributed by atoms with Crippen molar-refractivity contribution in [2.75, 3.05) is 20.2 Å². The van der Waals surface area contributed by atoms with Crippen molar-refractivity contribution >= 4 is 16.8 Å². The number of aryl methyl sites for hydroxylation is 1. The summed E-state index contributed by atoms with van der Waals surface area (Å²) in [5.74, 6) is 2.22. The van der Waals surface area contributed by atoms with Gasteiger partial charge < -0.3 is 14.2 Å². The zero-order chi connectivity index (χ0) is 19.3. The number of carbonyl (C=O) groups is 1. The van der Waals surface area contributed by atoms with Crippen LogP contribution in [0.25, 0.3) is 10.9 Å². The minimum absolute atomic E-state index is 0.200. The van der Waals surface area contributed by atoms with Gasteiger partial charge in [-0.3, -0.25) is 4.79 Å². The van der Waals surface area contributed by atoms with Crippen molar-refractivity contribution in [3.63, 3.8) is 0 Å². The molecule has 0 aliphatic heterocycles. The van der Waals surface area contributed by atoms with Crippen molar-refractivity contribution in [2.24, 2.45) is 11.8 Å². The second-order valence-electron chi connectivity index (χ2n) is 8.07. The van der Waals surface area contributed by atoms with Crippen LogP contribution >= 0.6 is 0 Å². The molecular formula is C22H34N2O2. The van der Waals surface area contributed by atoms with Crippen molar-refractivity contribution in [3.05, 3.63) is 30.0 Å². The molecule has 26 heavy (non-hydrogen) atoms. The van der Waals surface area contributed by atoms with E-state index in [4.69, 9.17) is 4.74 Å². The third kappa shape index (κ3) is 5.26. The molecule has 0 saturated carbocycles. The second-order valence-corrected chi connectivity index (χ2v) is 8.07. The largest absolute Gasteiger partial charge is 0.497 e. The highest BCUT2D eigenvalue weighted by Crippen LogP contribution is 2.25. The van der Waals surface area contributed by atoms with E-state index in [9.17, 15) is 4.79 Å². The molecule has 0 radical (unpaired) electrons. The van der Waals surface area contributed by atoms with Gasteiger partial charge in [-0.1, -0.05) is 27.7 Å². The molecule has 0 N–H and O–H groups in total. The summed E-state index contributed by atoms with van der Waals surface area (Å²) >= 11 is 0. The van der Waals surface area contributed by atoms with Crippen LogP contribution in [0.1, 0.15) is 46.1 Å². The van der Waals surface area contributed by atoms with Crippen molar-refractivity contribution in [1.29, 1.82) is 0 Å². The summed E-state index contributed by atoms with van der Waals surface area (Å²) in [6.07, 6.45) is 4.16. The van der Waals surface area contributed by atoms with Gasteiger partial charge in [-0.15, -0.1) is 0 Å². The summed E-state index contributed by atoms with van der Waals surface area (Å²) in [6.45, 7) is 13.0. The third-order valence-corrected chi connectivity index (χ3v) is 4.90. The Morgan fingerprint density at radius 2 is 1.73 bits per heavy atom. The van der Waals surface area contributed by atoms with E-state index in [2.05, 4.69) is 51.4 Å². The van der Waals surface area contributed by atoms with Crippen LogP contribution in [0.2, 0.25) is 0 Å². The highest BCUT2D eigenvalue weighted by Gasteiger charge is 2.17. The molecule has 1 aromatic carbocycles. The molecule has 1 amide bonds. The lowest BCUT2D eigenvalue weighted by Crippen LogP contribution is -2.36. The van der Waals surface area contributed by atoms with Crippen LogP contribution < -0.4 is 4.74 Å². The van der Waals surface area contributed by atoms with Gasteiger partial charge in [0.25, 0.3) is 0 Å². The molecule has 2 rings (SSSR count). The lowest BCUT2D eigenvalue weighted by molar-refractivity contribution is -0.132. The zero-order valence-electron chi connectivity index (χ0n) is 17.2. The van der Waals surface area contributed by atoms with E-state index in [0.717, 1.165) is 37.2 Å². The Bertz CT molecular complexity index is 719. The Morgan fingerprint density at radius 1 is 1.12 bits per heavy atom. The van der Waals surface area contributed by atoms with Gasteiger partial charge in [0, 0.05) is 30.7 Å². The van der Waals surface area contributed by atoms with E-state index in [0.29, 0.717) is 18.4 Å². The maximum Gasteiger partial charge on any atom is 0.242 e. The number of hydrogen-bond acceptors (Lipinski definition) is 2. The SMILES string of the molecule is COc1ccc2c(C)cn(CC(=O)N(CCC(C)C)CCC(C)C)c2c1. The number of fused-ring (bicyclic) bond motifs is 1. The van der Waals surface area contributed by atoms with E-state index in [-0.39, 0.29) is 5.91 Å². The van der Waals surface area contributed by atoms with Crippen LogP contribution in [0.5, 0.6) is 5.75 Å². The monoisotopic (exact) mass is 358 g/mol. The molecule has 0 fully saturated rings. The maximum atomic E-state index is 13.0. The van der Waals surface area contributed by atoms with E-state index >= 15 is 0 Å². The molecule has 4 nitrogen and oxygen atoms in total. The van der Waals surface area contributed by atoms with E-state index < -0.39 is 0 Å². The lowest BCUT2D eigenvalue weighted by atomic mass is 10.1. The molecule has 1 aromatic heterocycles. The Kier molecular flexibility index (Phi) is 7.13. The first-order chi connectivity index (χ1) is 12.3. The quantitative estimate of drug-likeness (QED) is 0.640. The van der Waals surface area contributed by atoms with Gasteiger partial charge >= 0.3 is 0 Å². The number of benzene rings is 1. The third-order valence-electron chi connectivity index (χ3n) is 4.90. The van der Waals surface area contributed by atoms with Gasteiger partial charge in [0.1, 0.15) is 12.3 Å². The number of nitrogens with zero attached hydrogens (tertiary/aromatic N) is 2. The molecule has 2 aromatic rings. The minimum atomic E-state index is 0.200. The van der Waals surface area contributed by atoms with Crippen molar-refractivity contribution in [3.8, 4) is 5.75 Å². The summed E-state index contributed by atoms with van der Waals surface area (Å²) in [4.78, 5) is 15.1. The van der Waals surface area contributed by atoms with Gasteiger partial charge in [-0.25, -0.2) is 0 Å². The summed E-state index contributed by atoms with van der Waals surface area (Å²) in [6, 6.07) is 6.06. The first-order valence-electron chi connectivity index (χ1n) is 9.73. The Balaban J connectivity index is 2.20. The lowest BCUT2D eigenvalue weighted by Gasteiger charge is -2.25. The van der Waals surface area contributed by atoms with E-state index in [1.165, 1.54) is 10.9 Å². The first-order valence-corrected chi connectivity index (χ1v) is 9.73. The predicted octanol–water partition coefficient (Wildman–Crippen LogP) is 4.88. The fourth-order valence-corrected chi connectivity index (χ4v) is 3.15. The molecule has 4 heteroatoms. The van der Waals surface area contributed by atoms with Gasteiger partial charge in [0.2, 0.25) is 5.91 Å². The summed E-state index contributed by atoms with van der Waals surface area (Å²) < 4.78 is 7.42. The van der Waals surface area contributed by atoms with E-state index in [1.54, 1.807) is 7.11 Å². The number of rotatable bonds is 9. The normalized spacial score (nSPS) is 11.5. The number of carbonyl (C=O) groups excluding carboxylic acids is 1. The summed E-state index contributed by atoms with van der Waals surface area (Å²) in [5.41, 5.74) is 2.24. The molecule has 144 valence electrons. The highest BCUT2D eigenvalue weighted by atomic mass is 16.5. The van der Waals surface area contributed by atoms with Crippen LogP contribution in [0.3, 0.4) is 0 Å². The first kappa shape index (κ1) is 20.3. The molecular weight excluding hydrogens is 324 g/mol. The van der Waals surface area contributed by atoms with Gasteiger partial charge in [0.15, 0.2) is 0 Å². The average Bonchev–Trinajstić information content (AvgIpc) is 2.89.